The number of carbonyl (C=O) groups is 3. The second-order valence-electron chi connectivity index (χ2n) is 9.01. The molecule has 2 heterocycles. The van der Waals surface area contributed by atoms with Crippen molar-refractivity contribution in [2.45, 2.75) is 42.0 Å². The van der Waals surface area contributed by atoms with Crippen molar-refractivity contribution in [2.75, 3.05) is 26.2 Å². The number of carboxylic acid groups (broad SMARTS) is 1. The molecule has 37 heavy (non-hydrogen) atoms. The highest BCUT2D eigenvalue weighted by Crippen LogP contribution is 2.21. The standard InChI is InChI=1S/C24H31N5O6S2/c1-24(2,36)20(28-37(34)18-4-3-9-26-15-18)21(30)27-19(22(31)32)14-16-5-7-17(8-6-16)35-23(33)29-12-10-25-11-13-29/h3-9,15,19-20,25,28,36H,10-14H2,1-2H3,(H,27,30)(H,31,32)/t19-,20+,37?/m0/s1. The Hall–Kier alpha value is -2.84. The summed E-state index contributed by atoms with van der Waals surface area (Å²) >= 11 is 2.69. The molecule has 1 aliphatic heterocycles. The first kappa shape index (κ1) is 28.7. The van der Waals surface area contributed by atoms with Gasteiger partial charge in [0.1, 0.15) is 17.8 Å². The number of carboxylic acids is 1. The first-order valence-corrected chi connectivity index (χ1v) is 13.2. The average molecular weight is 550 g/mol. The summed E-state index contributed by atoms with van der Waals surface area (Å²) in [6, 6.07) is 7.31. The fourth-order valence-electron chi connectivity index (χ4n) is 3.55. The number of hydrogen-bond acceptors (Lipinski definition) is 9. The van der Waals surface area contributed by atoms with Gasteiger partial charge >= 0.3 is 12.1 Å². The van der Waals surface area contributed by atoms with E-state index < -0.39 is 46.2 Å². The van der Waals surface area contributed by atoms with Gasteiger partial charge in [0.25, 0.3) is 0 Å². The van der Waals surface area contributed by atoms with Crippen LogP contribution in [0.4, 0.5) is 4.79 Å². The summed E-state index contributed by atoms with van der Waals surface area (Å²) in [5.74, 6) is -1.56. The zero-order valence-electron chi connectivity index (χ0n) is 20.5. The molecule has 0 radical (unpaired) electrons. The van der Waals surface area contributed by atoms with E-state index in [1.165, 1.54) is 12.4 Å². The van der Waals surface area contributed by atoms with Crippen LogP contribution < -0.4 is 20.1 Å². The molecule has 0 spiro atoms. The molecule has 1 aromatic heterocycles. The molecular weight excluding hydrogens is 518 g/mol. The van der Waals surface area contributed by atoms with Gasteiger partial charge in [0, 0.05) is 43.5 Å². The van der Waals surface area contributed by atoms with Crippen molar-refractivity contribution >= 4 is 42.0 Å². The van der Waals surface area contributed by atoms with Crippen LogP contribution >= 0.6 is 12.6 Å². The number of aromatic nitrogens is 1. The minimum absolute atomic E-state index is 0.0154. The van der Waals surface area contributed by atoms with Gasteiger partial charge in [-0.3, -0.25) is 9.78 Å². The molecule has 0 bridgehead atoms. The Morgan fingerprint density at radius 1 is 1.24 bits per heavy atom. The van der Waals surface area contributed by atoms with Gasteiger partial charge in [-0.05, 0) is 43.7 Å². The molecule has 2 amide bonds. The third-order valence-corrected chi connectivity index (χ3v) is 6.98. The molecule has 200 valence electrons. The monoisotopic (exact) mass is 549 g/mol. The topological polar surface area (TPSA) is 156 Å². The van der Waals surface area contributed by atoms with E-state index >= 15 is 0 Å². The van der Waals surface area contributed by atoms with Crippen LogP contribution in [0.5, 0.6) is 5.75 Å². The summed E-state index contributed by atoms with van der Waals surface area (Å²) in [7, 11) is 0. The molecule has 1 unspecified atom stereocenters. The molecule has 4 N–H and O–H groups in total. The van der Waals surface area contributed by atoms with E-state index in [0.29, 0.717) is 42.4 Å². The number of amides is 2. The minimum Gasteiger partial charge on any atom is -0.593 e. The molecule has 1 saturated heterocycles. The van der Waals surface area contributed by atoms with E-state index in [-0.39, 0.29) is 6.42 Å². The summed E-state index contributed by atoms with van der Waals surface area (Å²) in [5.41, 5.74) is 0.614. The van der Waals surface area contributed by atoms with E-state index in [2.05, 4.69) is 33.0 Å². The number of aliphatic carboxylic acids is 1. The minimum atomic E-state index is -1.77. The number of ether oxygens (including phenoxy) is 1. The number of hydrogen-bond donors (Lipinski definition) is 5. The molecule has 1 aromatic carbocycles. The largest absolute Gasteiger partial charge is 0.593 e. The van der Waals surface area contributed by atoms with Crippen molar-refractivity contribution < 1.29 is 28.8 Å². The highest BCUT2D eigenvalue weighted by Gasteiger charge is 2.38. The molecular formula is C24H31N5O6S2. The molecule has 0 aliphatic carbocycles. The fraction of sp³-hybridized carbons (Fsp3) is 0.417. The smallest absolute Gasteiger partial charge is 0.415 e. The zero-order valence-corrected chi connectivity index (χ0v) is 22.3. The fourth-order valence-corrected chi connectivity index (χ4v) is 4.93. The van der Waals surface area contributed by atoms with Gasteiger partial charge in [0.2, 0.25) is 5.91 Å². The zero-order chi connectivity index (χ0) is 27.0. The van der Waals surface area contributed by atoms with Crippen LogP contribution in [0.2, 0.25) is 0 Å². The number of piperazine rings is 1. The Balaban J connectivity index is 1.63. The molecule has 0 saturated carbocycles. The number of nitrogens with one attached hydrogen (secondary N) is 3. The second kappa shape index (κ2) is 13.1. The summed E-state index contributed by atoms with van der Waals surface area (Å²) in [4.78, 5) is 43.2. The molecule has 1 fully saturated rings. The first-order valence-electron chi connectivity index (χ1n) is 11.6. The number of benzene rings is 1. The van der Waals surface area contributed by atoms with Crippen molar-refractivity contribution in [3.05, 3.63) is 54.4 Å². The molecule has 1 aliphatic rings. The molecule has 11 nitrogen and oxygen atoms in total. The third kappa shape index (κ3) is 8.61. The van der Waals surface area contributed by atoms with Crippen LogP contribution in [-0.4, -0.2) is 80.5 Å². The summed E-state index contributed by atoms with van der Waals surface area (Å²) in [6.45, 7) is 5.85. The van der Waals surface area contributed by atoms with E-state index in [4.69, 9.17) is 4.74 Å². The lowest BCUT2D eigenvalue weighted by Gasteiger charge is -2.30. The lowest BCUT2D eigenvalue weighted by atomic mass is 10.0. The van der Waals surface area contributed by atoms with Gasteiger partial charge in [-0.15, -0.1) is 4.72 Å². The highest BCUT2D eigenvalue weighted by molar-refractivity contribution is 7.89. The van der Waals surface area contributed by atoms with Crippen molar-refractivity contribution in [1.82, 2.24) is 25.2 Å². The van der Waals surface area contributed by atoms with Crippen molar-refractivity contribution in [2.24, 2.45) is 0 Å². The maximum Gasteiger partial charge on any atom is 0.415 e. The quantitative estimate of drug-likeness (QED) is 0.215. The van der Waals surface area contributed by atoms with Gasteiger partial charge in [0.05, 0.1) is 17.6 Å². The molecule has 2 aromatic rings. The number of carbonyl (C=O) groups excluding carboxylic acids is 2. The van der Waals surface area contributed by atoms with Crippen molar-refractivity contribution in [3.63, 3.8) is 0 Å². The van der Waals surface area contributed by atoms with Crippen LogP contribution in [0.25, 0.3) is 0 Å². The van der Waals surface area contributed by atoms with E-state index in [1.807, 2.05) is 0 Å². The average Bonchev–Trinajstić information content (AvgIpc) is 2.88. The van der Waals surface area contributed by atoms with Crippen LogP contribution in [0.1, 0.15) is 19.4 Å². The van der Waals surface area contributed by atoms with Gasteiger partial charge in [-0.25, -0.2) is 9.59 Å². The van der Waals surface area contributed by atoms with Gasteiger partial charge in [-0.1, -0.05) is 12.1 Å². The summed E-state index contributed by atoms with van der Waals surface area (Å²) in [6.07, 6.45) is 2.49. The Morgan fingerprint density at radius 3 is 2.49 bits per heavy atom. The van der Waals surface area contributed by atoms with Crippen molar-refractivity contribution in [1.29, 1.82) is 0 Å². The van der Waals surface area contributed by atoms with Gasteiger partial charge in [0.15, 0.2) is 4.90 Å². The van der Waals surface area contributed by atoms with Crippen LogP contribution in [0, 0.1) is 0 Å². The Morgan fingerprint density at radius 2 is 1.92 bits per heavy atom. The summed E-state index contributed by atoms with van der Waals surface area (Å²) < 4.78 is 19.9. The first-order chi connectivity index (χ1) is 17.5. The normalized spacial score (nSPS) is 16.4. The SMILES string of the molecule is CC(C)(S)[C@H](N[S+]([O-])c1cccnc1)C(=O)N[C@@H](Cc1ccc(OC(=O)N2CCNCC2)cc1)C(=O)O. The number of nitrogens with zero attached hydrogens (tertiary/aromatic N) is 2. The summed E-state index contributed by atoms with van der Waals surface area (Å²) in [5, 5.41) is 15.4. The third-order valence-electron chi connectivity index (χ3n) is 5.60. The Labute approximate surface area is 224 Å². The molecule has 3 atom stereocenters. The van der Waals surface area contributed by atoms with Gasteiger partial charge in [-0.2, -0.15) is 12.6 Å². The number of rotatable bonds is 10. The Kier molecular flexibility index (Phi) is 10.2. The molecule has 3 rings (SSSR count). The van der Waals surface area contributed by atoms with E-state index in [9.17, 15) is 24.0 Å². The lowest BCUT2D eigenvalue weighted by molar-refractivity contribution is -0.142. The highest BCUT2D eigenvalue weighted by atomic mass is 32.2. The van der Waals surface area contributed by atoms with E-state index in [1.54, 1.807) is 55.1 Å². The number of pyridine rings is 1. The maximum absolute atomic E-state index is 13.1. The Bertz CT molecular complexity index is 1060. The maximum atomic E-state index is 13.1. The predicted molar refractivity (Wildman–Crippen MR) is 141 cm³/mol. The molecule has 13 heteroatoms. The lowest BCUT2D eigenvalue weighted by Crippen LogP contribution is -2.58. The van der Waals surface area contributed by atoms with Crippen LogP contribution in [0.3, 0.4) is 0 Å². The van der Waals surface area contributed by atoms with Crippen molar-refractivity contribution in [3.8, 4) is 5.75 Å². The van der Waals surface area contributed by atoms with Gasteiger partial charge < -0.3 is 29.9 Å². The van der Waals surface area contributed by atoms with Crippen LogP contribution in [-0.2, 0) is 27.4 Å². The van der Waals surface area contributed by atoms with E-state index in [0.717, 1.165) is 0 Å². The predicted octanol–water partition coefficient (Wildman–Crippen LogP) is 0.987. The second-order valence-corrected chi connectivity index (χ2v) is 11.4. The number of thiol groups is 1. The van der Waals surface area contributed by atoms with Crippen LogP contribution in [0.15, 0.2) is 53.7 Å².